The lowest BCUT2D eigenvalue weighted by atomic mass is 11.8. The summed E-state index contributed by atoms with van der Waals surface area (Å²) in [6.07, 6.45) is 0. The molecule has 0 N–H and O–H groups in total. The zero-order valence-corrected chi connectivity index (χ0v) is 9.41. The molecule has 0 atom stereocenters. The summed E-state index contributed by atoms with van der Waals surface area (Å²) >= 11 is 0. The smallest absolute Gasteiger partial charge is 0.170 e. The average Bonchev–Trinajstić information content (AvgIpc) is 1.14. The molecule has 0 aromatic rings. The van der Waals surface area contributed by atoms with Gasteiger partial charge in [0.2, 0.25) is 0 Å². The number of hydrogen-bond acceptors (Lipinski definition) is 1. The predicted molar refractivity (Wildman–Crippen MR) is 68.0 cm³/mol. The Balaban J connectivity index is -0.000000107. The van der Waals surface area contributed by atoms with Crippen LogP contribution >= 0.6 is 0 Å². The third-order valence-corrected chi connectivity index (χ3v) is 5.51. The van der Waals surface area contributed by atoms with Crippen molar-refractivity contribution < 1.29 is 4.12 Å². The van der Waals surface area contributed by atoms with Gasteiger partial charge in [-0.3, -0.25) is 0 Å². The van der Waals surface area contributed by atoms with Crippen LogP contribution in [0.25, 0.3) is 0 Å². The first-order valence-electron chi connectivity index (χ1n) is 3.41. The van der Waals surface area contributed by atoms with E-state index in [2.05, 4.69) is 39.3 Å². The molecule has 80 valence electrons. The van der Waals surface area contributed by atoms with E-state index in [-0.39, 0.29) is 22.3 Å². The van der Waals surface area contributed by atoms with Crippen LogP contribution in [-0.2, 0) is 4.12 Å². The van der Waals surface area contributed by atoms with Crippen LogP contribution < -0.4 is 0 Å². The van der Waals surface area contributed by atoms with Gasteiger partial charge in [0.25, 0.3) is 0 Å². The lowest BCUT2D eigenvalue weighted by molar-refractivity contribution is 0.559. The van der Waals surface area contributed by atoms with Gasteiger partial charge in [-0.05, 0) is 39.3 Å². The monoisotopic (exact) mass is 210 g/mol. The molecule has 1 nitrogen and oxygen atoms in total. The normalized spacial score (nSPS) is 10.5. The molecule has 0 amide bonds. The lowest BCUT2D eigenvalue weighted by Crippen LogP contribution is -2.39. The van der Waals surface area contributed by atoms with E-state index >= 15 is 0 Å². The molecule has 0 fully saturated rings. The van der Waals surface area contributed by atoms with Gasteiger partial charge in [-0.15, -0.1) is 0 Å². The van der Waals surface area contributed by atoms with Gasteiger partial charge in [0.05, 0.1) is 0 Å². The summed E-state index contributed by atoms with van der Waals surface area (Å²) in [5.41, 5.74) is 0. The Morgan fingerprint density at radius 3 is 0.750 bits per heavy atom. The van der Waals surface area contributed by atoms with Gasteiger partial charge in [0.15, 0.2) is 16.6 Å². The van der Waals surface area contributed by atoms with Crippen LogP contribution in [0.4, 0.5) is 0 Å². The fourth-order valence-electron chi connectivity index (χ4n) is 0.919. The van der Waals surface area contributed by atoms with Crippen LogP contribution in [0.15, 0.2) is 0 Å². The first-order valence-corrected chi connectivity index (χ1v) is 10.2. The van der Waals surface area contributed by atoms with Crippen LogP contribution in [-0.4, -0.2) is 16.6 Å². The third kappa shape index (κ3) is 22.4. The van der Waals surface area contributed by atoms with Crippen LogP contribution in [0.5, 0.6) is 0 Å². The minimum atomic E-state index is -1.23. The molecule has 0 heterocycles. The molecule has 0 aliphatic rings. The maximum atomic E-state index is 5.90. The van der Waals surface area contributed by atoms with E-state index in [9.17, 15) is 0 Å². The third-order valence-electron chi connectivity index (χ3n) is 0.612. The standard InChI is InChI=1S/C6H18OSi2.3CH4/c1-8(2,3)7-9(4,5)6;;;/h1-6H3;3*1H4. The fraction of sp³-hybridized carbons (Fsp3) is 1.00. The summed E-state index contributed by atoms with van der Waals surface area (Å²) in [5.74, 6) is 0. The molecule has 0 rings (SSSR count). The van der Waals surface area contributed by atoms with Crippen molar-refractivity contribution in [3.05, 3.63) is 0 Å². The van der Waals surface area contributed by atoms with Crippen LogP contribution in [0.3, 0.4) is 0 Å². The largest absolute Gasteiger partial charge is 0.456 e. The maximum Gasteiger partial charge on any atom is 0.170 e. The van der Waals surface area contributed by atoms with Crippen molar-refractivity contribution >= 4 is 16.6 Å². The van der Waals surface area contributed by atoms with E-state index in [0.29, 0.717) is 0 Å². The van der Waals surface area contributed by atoms with Crippen LogP contribution in [0.2, 0.25) is 39.3 Å². The molecule has 3 heteroatoms. The highest BCUT2D eigenvalue weighted by molar-refractivity contribution is 6.83. The minimum Gasteiger partial charge on any atom is -0.456 e. The lowest BCUT2D eigenvalue weighted by Gasteiger charge is -2.27. The van der Waals surface area contributed by atoms with Gasteiger partial charge >= 0.3 is 0 Å². The first-order chi connectivity index (χ1) is 3.71. The molecule has 0 radical (unpaired) electrons. The van der Waals surface area contributed by atoms with Gasteiger partial charge in [0.1, 0.15) is 0 Å². The molecule has 0 aliphatic carbocycles. The van der Waals surface area contributed by atoms with Crippen molar-refractivity contribution in [2.45, 2.75) is 61.6 Å². The molecular weight excluding hydrogens is 180 g/mol. The Labute approximate surface area is 82.8 Å². The van der Waals surface area contributed by atoms with Crippen LogP contribution in [0.1, 0.15) is 22.3 Å². The maximum absolute atomic E-state index is 5.90. The second kappa shape index (κ2) is 6.86. The quantitative estimate of drug-likeness (QED) is 0.606. The molecule has 0 unspecified atom stereocenters. The van der Waals surface area contributed by atoms with E-state index in [1.165, 1.54) is 0 Å². The second-order valence-corrected chi connectivity index (χ2v) is 13.6. The summed E-state index contributed by atoms with van der Waals surface area (Å²) in [4.78, 5) is 0. The molecule has 0 aliphatic heterocycles. The molecule has 0 saturated heterocycles. The van der Waals surface area contributed by atoms with Gasteiger partial charge in [0, 0.05) is 0 Å². The van der Waals surface area contributed by atoms with E-state index in [1.54, 1.807) is 0 Å². The summed E-state index contributed by atoms with van der Waals surface area (Å²) in [6.45, 7) is 13.4. The zero-order chi connectivity index (χ0) is 7.71. The topological polar surface area (TPSA) is 9.23 Å². The van der Waals surface area contributed by atoms with Crippen molar-refractivity contribution in [1.82, 2.24) is 0 Å². The van der Waals surface area contributed by atoms with Crippen molar-refractivity contribution in [1.29, 1.82) is 0 Å². The highest BCUT2D eigenvalue weighted by Gasteiger charge is 2.24. The minimum absolute atomic E-state index is 0. The molecule has 0 aromatic heterocycles. The van der Waals surface area contributed by atoms with Crippen molar-refractivity contribution in [2.75, 3.05) is 0 Å². The van der Waals surface area contributed by atoms with Gasteiger partial charge < -0.3 is 4.12 Å². The second-order valence-electron chi connectivity index (χ2n) is 4.33. The molecule has 0 aromatic carbocycles. The Bertz CT molecular complexity index is 77.7. The molecule has 0 saturated carbocycles. The number of rotatable bonds is 2. The predicted octanol–water partition coefficient (Wildman–Crippen LogP) is 4.58. The summed E-state index contributed by atoms with van der Waals surface area (Å²) in [5, 5.41) is 0. The Morgan fingerprint density at radius 2 is 0.750 bits per heavy atom. The van der Waals surface area contributed by atoms with E-state index < -0.39 is 16.6 Å². The van der Waals surface area contributed by atoms with Gasteiger partial charge in [-0.2, -0.15) is 0 Å². The van der Waals surface area contributed by atoms with Crippen molar-refractivity contribution in [3.63, 3.8) is 0 Å². The average molecular weight is 211 g/mol. The molecular formula is C9H30OSi2. The van der Waals surface area contributed by atoms with E-state index in [1.807, 2.05) is 0 Å². The summed E-state index contributed by atoms with van der Waals surface area (Å²) in [6, 6.07) is 0. The highest BCUT2D eigenvalue weighted by atomic mass is 28.4. The summed E-state index contributed by atoms with van der Waals surface area (Å²) < 4.78 is 5.90. The Hall–Kier alpha value is 0.394. The first kappa shape index (κ1) is 22.8. The zero-order valence-electron chi connectivity index (χ0n) is 7.41. The molecule has 12 heavy (non-hydrogen) atoms. The van der Waals surface area contributed by atoms with Crippen LogP contribution in [0, 0.1) is 0 Å². The summed E-state index contributed by atoms with van der Waals surface area (Å²) in [7, 11) is -2.46. The fourth-order valence-corrected chi connectivity index (χ4v) is 8.27. The van der Waals surface area contributed by atoms with Crippen molar-refractivity contribution in [2.24, 2.45) is 0 Å². The van der Waals surface area contributed by atoms with Gasteiger partial charge in [-0.1, -0.05) is 22.3 Å². The SMILES string of the molecule is C.C.C.C[Si](C)(C)O[Si](C)(C)C. The highest BCUT2D eigenvalue weighted by Crippen LogP contribution is 2.12. The number of hydrogen-bond donors (Lipinski definition) is 0. The molecule has 0 bridgehead atoms. The van der Waals surface area contributed by atoms with E-state index in [0.717, 1.165) is 0 Å². The Kier molecular flexibility index (Phi) is 13.1. The van der Waals surface area contributed by atoms with E-state index in [4.69, 9.17) is 4.12 Å². The van der Waals surface area contributed by atoms with Gasteiger partial charge in [-0.25, -0.2) is 0 Å². The van der Waals surface area contributed by atoms with Crippen molar-refractivity contribution in [3.8, 4) is 0 Å². The molecule has 0 spiro atoms. The Morgan fingerprint density at radius 1 is 0.583 bits per heavy atom.